The van der Waals surface area contributed by atoms with Crippen molar-refractivity contribution in [1.29, 1.82) is 0 Å². The summed E-state index contributed by atoms with van der Waals surface area (Å²) < 4.78 is 5.49. The normalized spacial score (nSPS) is 31.9. The van der Waals surface area contributed by atoms with E-state index < -0.39 is 5.97 Å². The molecule has 0 aromatic carbocycles. The van der Waals surface area contributed by atoms with Crippen molar-refractivity contribution in [3.05, 3.63) is 0 Å². The number of carbonyl (C=O) groups is 1. The van der Waals surface area contributed by atoms with E-state index in [0.717, 1.165) is 19.4 Å². The van der Waals surface area contributed by atoms with E-state index in [2.05, 4.69) is 11.8 Å². The van der Waals surface area contributed by atoms with E-state index in [-0.39, 0.29) is 12.6 Å². The molecule has 4 heteroatoms. The molecular weight excluding hydrogens is 194 g/mol. The predicted molar refractivity (Wildman–Crippen MR) is 55.8 cm³/mol. The number of hydrogen-bond donors (Lipinski definition) is 1. The van der Waals surface area contributed by atoms with Crippen molar-refractivity contribution >= 4 is 5.97 Å². The van der Waals surface area contributed by atoms with Crippen molar-refractivity contribution < 1.29 is 14.6 Å². The van der Waals surface area contributed by atoms with Gasteiger partial charge in [0, 0.05) is 18.7 Å². The summed E-state index contributed by atoms with van der Waals surface area (Å²) in [6.07, 6.45) is 4.56. The second-order valence-electron chi connectivity index (χ2n) is 4.66. The quantitative estimate of drug-likeness (QED) is 0.760. The molecular formula is C11H19NO3. The van der Waals surface area contributed by atoms with Crippen LogP contribution in [0, 0.1) is 0 Å². The SMILES string of the molecule is CC1CC(N(CC(=O)O)C2CC2)CCO1. The van der Waals surface area contributed by atoms with Crippen molar-refractivity contribution in [2.24, 2.45) is 0 Å². The van der Waals surface area contributed by atoms with Gasteiger partial charge in [-0.25, -0.2) is 0 Å². The zero-order valence-electron chi connectivity index (χ0n) is 9.19. The standard InChI is InChI=1S/C11H19NO3/c1-8-6-10(4-5-15-8)12(7-11(13)14)9-2-3-9/h8-10H,2-7H2,1H3,(H,13,14). The molecule has 1 heterocycles. The Morgan fingerprint density at radius 1 is 1.40 bits per heavy atom. The molecule has 0 aromatic rings. The van der Waals surface area contributed by atoms with Crippen molar-refractivity contribution in [2.45, 2.75) is 50.8 Å². The molecule has 2 rings (SSSR count). The van der Waals surface area contributed by atoms with Crippen LogP contribution in [0.4, 0.5) is 0 Å². The number of nitrogens with zero attached hydrogens (tertiary/aromatic N) is 1. The summed E-state index contributed by atoms with van der Waals surface area (Å²) >= 11 is 0. The Morgan fingerprint density at radius 2 is 2.13 bits per heavy atom. The molecule has 0 bridgehead atoms. The second-order valence-corrected chi connectivity index (χ2v) is 4.66. The first-order valence-corrected chi connectivity index (χ1v) is 5.76. The second kappa shape index (κ2) is 4.49. The molecule has 0 spiro atoms. The fourth-order valence-corrected chi connectivity index (χ4v) is 2.39. The molecule has 4 nitrogen and oxygen atoms in total. The van der Waals surface area contributed by atoms with Crippen LogP contribution in [0.15, 0.2) is 0 Å². The zero-order chi connectivity index (χ0) is 10.8. The van der Waals surface area contributed by atoms with Gasteiger partial charge in [-0.1, -0.05) is 0 Å². The van der Waals surface area contributed by atoms with E-state index in [0.29, 0.717) is 12.1 Å². The van der Waals surface area contributed by atoms with E-state index in [1.807, 2.05) is 0 Å². The summed E-state index contributed by atoms with van der Waals surface area (Å²) in [7, 11) is 0. The fraction of sp³-hybridized carbons (Fsp3) is 0.909. The molecule has 0 radical (unpaired) electrons. The average Bonchev–Trinajstić information content (AvgIpc) is 2.97. The van der Waals surface area contributed by atoms with E-state index in [4.69, 9.17) is 9.84 Å². The fourth-order valence-electron chi connectivity index (χ4n) is 2.39. The van der Waals surface area contributed by atoms with Crippen LogP contribution in [0.1, 0.15) is 32.6 Å². The Hall–Kier alpha value is -0.610. The van der Waals surface area contributed by atoms with Crippen molar-refractivity contribution in [1.82, 2.24) is 4.90 Å². The van der Waals surface area contributed by atoms with Crippen LogP contribution >= 0.6 is 0 Å². The van der Waals surface area contributed by atoms with Crippen LogP contribution in [0.2, 0.25) is 0 Å². The highest BCUT2D eigenvalue weighted by Gasteiger charge is 2.36. The molecule has 2 unspecified atom stereocenters. The molecule has 1 aliphatic heterocycles. The summed E-state index contributed by atoms with van der Waals surface area (Å²) in [5.41, 5.74) is 0. The molecule has 1 N–H and O–H groups in total. The highest BCUT2D eigenvalue weighted by molar-refractivity contribution is 5.69. The van der Waals surface area contributed by atoms with Gasteiger partial charge in [0.2, 0.25) is 0 Å². The summed E-state index contributed by atoms with van der Waals surface area (Å²) in [6, 6.07) is 0.939. The smallest absolute Gasteiger partial charge is 0.317 e. The minimum Gasteiger partial charge on any atom is -0.480 e. The summed E-state index contributed by atoms with van der Waals surface area (Å²) in [4.78, 5) is 13.0. The third-order valence-corrected chi connectivity index (χ3v) is 3.26. The number of aliphatic carboxylic acids is 1. The number of rotatable bonds is 4. The minimum absolute atomic E-state index is 0.196. The van der Waals surface area contributed by atoms with E-state index in [9.17, 15) is 4.79 Å². The topological polar surface area (TPSA) is 49.8 Å². The van der Waals surface area contributed by atoms with Crippen LogP contribution in [0.3, 0.4) is 0 Å². The Labute approximate surface area is 90.2 Å². The third kappa shape index (κ3) is 2.92. The van der Waals surface area contributed by atoms with Crippen molar-refractivity contribution in [3.63, 3.8) is 0 Å². The molecule has 0 aromatic heterocycles. The zero-order valence-corrected chi connectivity index (χ0v) is 9.19. The highest BCUT2D eigenvalue weighted by Crippen LogP contribution is 2.32. The van der Waals surface area contributed by atoms with E-state index in [1.54, 1.807) is 0 Å². The average molecular weight is 213 g/mol. The van der Waals surface area contributed by atoms with Crippen molar-refractivity contribution in [2.75, 3.05) is 13.2 Å². The van der Waals surface area contributed by atoms with Crippen LogP contribution in [0.5, 0.6) is 0 Å². The maximum Gasteiger partial charge on any atom is 0.317 e. The summed E-state index contributed by atoms with van der Waals surface area (Å²) in [5, 5.41) is 8.88. The maximum absolute atomic E-state index is 10.8. The van der Waals surface area contributed by atoms with Gasteiger partial charge in [0.15, 0.2) is 0 Å². The minimum atomic E-state index is -0.707. The molecule has 1 aliphatic carbocycles. The lowest BCUT2D eigenvalue weighted by atomic mass is 10.0. The van der Waals surface area contributed by atoms with Gasteiger partial charge in [-0.15, -0.1) is 0 Å². The van der Waals surface area contributed by atoms with Gasteiger partial charge in [-0.2, -0.15) is 0 Å². The molecule has 2 aliphatic rings. The van der Waals surface area contributed by atoms with Gasteiger partial charge in [0.1, 0.15) is 0 Å². The van der Waals surface area contributed by atoms with Crippen LogP contribution < -0.4 is 0 Å². The van der Waals surface area contributed by atoms with Crippen LogP contribution in [-0.4, -0.2) is 47.3 Å². The first-order chi connectivity index (χ1) is 7.16. The number of ether oxygens (including phenoxy) is 1. The molecule has 15 heavy (non-hydrogen) atoms. The van der Waals surface area contributed by atoms with E-state index >= 15 is 0 Å². The summed E-state index contributed by atoms with van der Waals surface area (Å²) in [6.45, 7) is 3.04. The monoisotopic (exact) mass is 213 g/mol. The number of hydrogen-bond acceptors (Lipinski definition) is 3. The molecule has 1 saturated carbocycles. The Kier molecular flexibility index (Phi) is 3.26. The van der Waals surface area contributed by atoms with Gasteiger partial charge < -0.3 is 9.84 Å². The third-order valence-electron chi connectivity index (χ3n) is 3.26. The molecule has 0 amide bonds. The summed E-state index contributed by atoms with van der Waals surface area (Å²) in [5.74, 6) is -0.707. The van der Waals surface area contributed by atoms with Gasteiger partial charge in [0.25, 0.3) is 0 Å². The first kappa shape index (κ1) is 10.9. The number of carboxylic acid groups (broad SMARTS) is 1. The lowest BCUT2D eigenvalue weighted by Gasteiger charge is -2.35. The lowest BCUT2D eigenvalue weighted by Crippen LogP contribution is -2.45. The highest BCUT2D eigenvalue weighted by atomic mass is 16.5. The van der Waals surface area contributed by atoms with E-state index in [1.165, 1.54) is 12.8 Å². The Morgan fingerprint density at radius 3 is 2.67 bits per heavy atom. The van der Waals surface area contributed by atoms with Crippen molar-refractivity contribution in [3.8, 4) is 0 Å². The first-order valence-electron chi connectivity index (χ1n) is 5.76. The van der Waals surface area contributed by atoms with Gasteiger partial charge in [-0.3, -0.25) is 9.69 Å². The van der Waals surface area contributed by atoms with Gasteiger partial charge in [-0.05, 0) is 32.6 Å². The Bertz CT molecular complexity index is 240. The molecule has 2 fully saturated rings. The largest absolute Gasteiger partial charge is 0.480 e. The van der Waals surface area contributed by atoms with Gasteiger partial charge >= 0.3 is 5.97 Å². The van der Waals surface area contributed by atoms with Gasteiger partial charge in [0.05, 0.1) is 12.6 Å². The van der Waals surface area contributed by atoms with Crippen LogP contribution in [0.25, 0.3) is 0 Å². The Balaban J connectivity index is 1.93. The molecule has 86 valence electrons. The molecule has 2 atom stereocenters. The molecule has 1 saturated heterocycles. The van der Waals surface area contributed by atoms with Crippen LogP contribution in [-0.2, 0) is 9.53 Å². The lowest BCUT2D eigenvalue weighted by molar-refractivity contribution is -0.140. The maximum atomic E-state index is 10.8. The number of carboxylic acids is 1. The predicted octanol–water partition coefficient (Wildman–Crippen LogP) is 1.10.